The summed E-state index contributed by atoms with van der Waals surface area (Å²) in [6.07, 6.45) is 0. The highest BCUT2D eigenvalue weighted by atomic mass is 16.1. The van der Waals surface area contributed by atoms with Crippen molar-refractivity contribution in [2.75, 3.05) is 0 Å². The van der Waals surface area contributed by atoms with Crippen LogP contribution >= 0.6 is 0 Å². The van der Waals surface area contributed by atoms with Gasteiger partial charge in [0.05, 0.1) is 0 Å². The lowest BCUT2D eigenvalue weighted by molar-refractivity contribution is 0.101. The quantitative estimate of drug-likeness (QED) is 0.555. The Kier molecular flexibility index (Phi) is 2.08. The van der Waals surface area contributed by atoms with Gasteiger partial charge in [-0.1, -0.05) is 18.2 Å². The summed E-state index contributed by atoms with van der Waals surface area (Å²) in [7, 11) is 0. The van der Waals surface area contributed by atoms with Crippen molar-refractivity contribution in [3.8, 4) is 0 Å². The summed E-state index contributed by atoms with van der Waals surface area (Å²) >= 11 is 0. The molecule has 0 heterocycles. The van der Waals surface area contributed by atoms with Gasteiger partial charge in [0.2, 0.25) is 0 Å². The van der Waals surface area contributed by atoms with Crippen molar-refractivity contribution in [2.24, 2.45) is 0 Å². The van der Waals surface area contributed by atoms with Crippen molar-refractivity contribution in [3.05, 3.63) is 41.8 Å². The molecule has 0 aliphatic heterocycles. The molecule has 0 aromatic heterocycles. The van der Waals surface area contributed by atoms with Crippen molar-refractivity contribution in [1.29, 1.82) is 0 Å². The summed E-state index contributed by atoms with van der Waals surface area (Å²) in [5.41, 5.74) is 2.39. The van der Waals surface area contributed by atoms with Gasteiger partial charge < -0.3 is 0 Å². The van der Waals surface area contributed by atoms with E-state index in [1.54, 1.807) is 25.1 Å². The lowest BCUT2D eigenvalue weighted by atomic mass is 10.0. The minimum absolute atomic E-state index is 0.0856. The zero-order valence-electron chi connectivity index (χ0n) is 6.72. The van der Waals surface area contributed by atoms with Gasteiger partial charge in [-0.15, -0.1) is 0 Å². The minimum Gasteiger partial charge on any atom is -0.295 e. The zero-order chi connectivity index (χ0) is 8.43. The number of benzene rings is 1. The SMILES string of the molecule is [CH]c1ccc(C(C)=O)c(C)c1. The van der Waals surface area contributed by atoms with E-state index in [0.717, 1.165) is 11.1 Å². The molecule has 1 rings (SSSR count). The Morgan fingerprint density at radius 1 is 1.45 bits per heavy atom. The van der Waals surface area contributed by atoms with E-state index in [4.69, 9.17) is 6.92 Å². The molecular formula is C10H10O. The van der Waals surface area contributed by atoms with Gasteiger partial charge in [0.15, 0.2) is 5.78 Å². The number of hydrogen-bond acceptors (Lipinski definition) is 1. The van der Waals surface area contributed by atoms with E-state index in [0.29, 0.717) is 5.56 Å². The fraction of sp³-hybridized carbons (Fsp3) is 0.200. The standard InChI is InChI=1S/C10H10O/c1-7-4-5-10(9(3)11)8(2)6-7/h1,4-6H,2-3H3. The van der Waals surface area contributed by atoms with Gasteiger partial charge in [0.25, 0.3) is 0 Å². The maximum absolute atomic E-state index is 10.9. The zero-order valence-corrected chi connectivity index (χ0v) is 6.72. The maximum Gasteiger partial charge on any atom is 0.160 e. The van der Waals surface area contributed by atoms with Gasteiger partial charge in [-0.05, 0) is 31.9 Å². The fourth-order valence-electron chi connectivity index (χ4n) is 1.08. The fourth-order valence-corrected chi connectivity index (χ4v) is 1.08. The molecule has 1 aromatic rings. The Balaban J connectivity index is 3.20. The molecule has 1 aromatic carbocycles. The van der Waals surface area contributed by atoms with E-state index < -0.39 is 0 Å². The highest BCUT2D eigenvalue weighted by Gasteiger charge is 2.01. The van der Waals surface area contributed by atoms with Gasteiger partial charge in [-0.2, -0.15) is 0 Å². The number of aryl methyl sites for hydroxylation is 1. The molecule has 0 saturated carbocycles. The summed E-state index contributed by atoms with van der Waals surface area (Å²) in [5, 5.41) is 0. The third-order valence-electron chi connectivity index (χ3n) is 1.63. The topological polar surface area (TPSA) is 17.1 Å². The van der Waals surface area contributed by atoms with Crippen molar-refractivity contribution in [1.82, 2.24) is 0 Å². The molecule has 11 heavy (non-hydrogen) atoms. The molecule has 1 nitrogen and oxygen atoms in total. The second-order valence-electron chi connectivity index (χ2n) is 2.63. The number of carbonyl (C=O) groups excluding carboxylic acids is 1. The van der Waals surface area contributed by atoms with Crippen LogP contribution in [0, 0.1) is 13.8 Å². The predicted octanol–water partition coefficient (Wildman–Crippen LogP) is 2.26. The van der Waals surface area contributed by atoms with E-state index in [1.165, 1.54) is 0 Å². The van der Waals surface area contributed by atoms with Crippen LogP contribution in [0.5, 0.6) is 0 Å². The van der Waals surface area contributed by atoms with Gasteiger partial charge in [-0.25, -0.2) is 0 Å². The first kappa shape index (κ1) is 7.99. The second kappa shape index (κ2) is 2.87. The van der Waals surface area contributed by atoms with Crippen molar-refractivity contribution < 1.29 is 4.79 Å². The first-order valence-electron chi connectivity index (χ1n) is 3.48. The molecule has 0 aliphatic rings. The van der Waals surface area contributed by atoms with Crippen LogP contribution in [0.1, 0.15) is 28.4 Å². The third-order valence-corrected chi connectivity index (χ3v) is 1.63. The van der Waals surface area contributed by atoms with Crippen LogP contribution in [0.4, 0.5) is 0 Å². The highest BCUT2D eigenvalue weighted by Crippen LogP contribution is 2.10. The maximum atomic E-state index is 10.9. The van der Waals surface area contributed by atoms with E-state index in [2.05, 4.69) is 0 Å². The Morgan fingerprint density at radius 3 is 2.55 bits per heavy atom. The molecule has 0 unspecified atom stereocenters. The van der Waals surface area contributed by atoms with Gasteiger partial charge in [-0.3, -0.25) is 4.79 Å². The number of ketones is 1. The van der Waals surface area contributed by atoms with Crippen LogP contribution in [0.2, 0.25) is 0 Å². The lowest BCUT2D eigenvalue weighted by Gasteiger charge is -2.01. The summed E-state index contributed by atoms with van der Waals surface area (Å²) in [6.45, 7) is 8.95. The summed E-state index contributed by atoms with van der Waals surface area (Å²) in [6, 6.07) is 5.30. The van der Waals surface area contributed by atoms with Crippen molar-refractivity contribution in [3.63, 3.8) is 0 Å². The van der Waals surface area contributed by atoms with Crippen molar-refractivity contribution >= 4 is 5.78 Å². The van der Waals surface area contributed by atoms with Crippen LogP contribution in [-0.2, 0) is 0 Å². The Morgan fingerprint density at radius 2 is 2.09 bits per heavy atom. The van der Waals surface area contributed by atoms with Gasteiger partial charge >= 0.3 is 0 Å². The molecular weight excluding hydrogens is 136 g/mol. The number of Topliss-reactive ketones (excluding diaryl/α,β-unsaturated/α-hetero) is 1. The average molecular weight is 146 g/mol. The Bertz CT molecular complexity index is 287. The second-order valence-corrected chi connectivity index (χ2v) is 2.63. The molecule has 0 amide bonds. The molecule has 0 aliphatic carbocycles. The van der Waals surface area contributed by atoms with Crippen LogP contribution in [0.15, 0.2) is 18.2 Å². The van der Waals surface area contributed by atoms with Crippen molar-refractivity contribution in [2.45, 2.75) is 13.8 Å². The Labute approximate surface area is 67.1 Å². The first-order chi connectivity index (χ1) is 5.11. The van der Waals surface area contributed by atoms with Gasteiger partial charge in [0, 0.05) is 5.56 Å². The average Bonchev–Trinajstić information content (AvgIpc) is 1.85. The molecule has 0 fully saturated rings. The Hall–Kier alpha value is -1.11. The smallest absolute Gasteiger partial charge is 0.160 e. The molecule has 0 bridgehead atoms. The first-order valence-corrected chi connectivity index (χ1v) is 3.48. The number of rotatable bonds is 1. The highest BCUT2D eigenvalue weighted by molar-refractivity contribution is 5.95. The van der Waals surface area contributed by atoms with E-state index >= 15 is 0 Å². The molecule has 0 atom stereocenters. The summed E-state index contributed by atoms with van der Waals surface area (Å²) < 4.78 is 0. The lowest BCUT2D eigenvalue weighted by Crippen LogP contribution is -1.95. The molecule has 56 valence electrons. The monoisotopic (exact) mass is 146 g/mol. The predicted molar refractivity (Wildman–Crippen MR) is 44.6 cm³/mol. The third kappa shape index (κ3) is 1.67. The largest absolute Gasteiger partial charge is 0.295 e. The number of carbonyl (C=O) groups is 1. The van der Waals surface area contributed by atoms with Crippen LogP contribution in [0.25, 0.3) is 0 Å². The van der Waals surface area contributed by atoms with Crippen LogP contribution in [0.3, 0.4) is 0 Å². The van der Waals surface area contributed by atoms with E-state index in [-0.39, 0.29) is 5.78 Å². The molecule has 0 N–H and O–H groups in total. The van der Waals surface area contributed by atoms with E-state index in [9.17, 15) is 4.79 Å². The van der Waals surface area contributed by atoms with Crippen LogP contribution < -0.4 is 0 Å². The summed E-state index contributed by atoms with van der Waals surface area (Å²) in [5.74, 6) is 0.0856. The minimum atomic E-state index is 0.0856. The molecule has 1 heteroatoms. The van der Waals surface area contributed by atoms with Gasteiger partial charge in [0.1, 0.15) is 0 Å². The molecule has 0 saturated heterocycles. The van der Waals surface area contributed by atoms with Crippen LogP contribution in [-0.4, -0.2) is 5.78 Å². The molecule has 2 radical (unpaired) electrons. The number of hydrogen-bond donors (Lipinski definition) is 0. The summed E-state index contributed by atoms with van der Waals surface area (Å²) in [4.78, 5) is 10.9. The molecule has 0 spiro atoms. The normalized spacial score (nSPS) is 9.73. The van der Waals surface area contributed by atoms with E-state index in [1.807, 2.05) is 6.92 Å².